The Hall–Kier alpha value is -1.66. The highest BCUT2D eigenvalue weighted by atomic mass is 32.2. The van der Waals surface area contributed by atoms with E-state index in [0.717, 1.165) is 6.54 Å². The summed E-state index contributed by atoms with van der Waals surface area (Å²) >= 11 is 0. The minimum absolute atomic E-state index is 0.272. The van der Waals surface area contributed by atoms with Crippen molar-refractivity contribution in [3.63, 3.8) is 0 Å². The van der Waals surface area contributed by atoms with E-state index < -0.39 is 15.9 Å². The zero-order valence-corrected chi connectivity index (χ0v) is 13.2. The second kappa shape index (κ2) is 11.0. The van der Waals surface area contributed by atoms with Crippen LogP contribution in [0.3, 0.4) is 0 Å². The number of amides is 1. The average molecular weight is 312 g/mol. The van der Waals surface area contributed by atoms with Gasteiger partial charge in [0.2, 0.25) is 10.0 Å². The molecule has 0 atom stereocenters. The highest BCUT2D eigenvalue weighted by Gasteiger charge is 2.13. The number of carbonyl (C=O) groups is 1. The van der Waals surface area contributed by atoms with E-state index in [1.54, 1.807) is 30.3 Å². The first-order valence-corrected chi connectivity index (χ1v) is 8.53. The van der Waals surface area contributed by atoms with Gasteiger partial charge in [-0.1, -0.05) is 44.0 Å². The molecule has 21 heavy (non-hydrogen) atoms. The maximum atomic E-state index is 11.4. The summed E-state index contributed by atoms with van der Waals surface area (Å²) in [5.41, 5.74) is 5.52. The minimum atomic E-state index is -3.60. The van der Waals surface area contributed by atoms with Crippen LogP contribution in [0.15, 0.2) is 43.0 Å². The van der Waals surface area contributed by atoms with E-state index in [9.17, 15) is 13.2 Å². The molecule has 6 heteroatoms. The number of carbonyl (C=O) groups excluding carboxylic acids is 1. The first-order chi connectivity index (χ1) is 9.96. The number of nitrogens with two attached hydrogens (primary N) is 1. The van der Waals surface area contributed by atoms with Gasteiger partial charge in [0.05, 0.1) is 5.75 Å². The summed E-state index contributed by atoms with van der Waals surface area (Å²) in [6.07, 6.45) is 4.98. The van der Waals surface area contributed by atoms with Crippen molar-refractivity contribution in [2.75, 3.05) is 12.3 Å². The molecule has 0 aliphatic heterocycles. The standard InChI is InChI=1S/C10H11NO3S.C5H13N/c1-2-8-15(13,14)11-10(12)9-6-4-3-5-7-9;1-2-3-4-5-6/h2-7H,1,8H2,(H,11,12);2-6H2,1H3. The topological polar surface area (TPSA) is 89.3 Å². The van der Waals surface area contributed by atoms with Crippen molar-refractivity contribution in [3.05, 3.63) is 48.6 Å². The monoisotopic (exact) mass is 312 g/mol. The Kier molecular flexibility index (Phi) is 10.2. The van der Waals surface area contributed by atoms with Crippen molar-refractivity contribution in [1.29, 1.82) is 0 Å². The maximum Gasteiger partial charge on any atom is 0.264 e. The van der Waals surface area contributed by atoms with Crippen molar-refractivity contribution in [2.45, 2.75) is 26.2 Å². The smallest absolute Gasteiger partial charge is 0.264 e. The molecule has 0 saturated heterocycles. The Morgan fingerprint density at radius 3 is 2.33 bits per heavy atom. The molecule has 1 aromatic rings. The maximum absolute atomic E-state index is 11.4. The van der Waals surface area contributed by atoms with E-state index in [0.29, 0.717) is 5.56 Å². The van der Waals surface area contributed by atoms with Gasteiger partial charge in [0.25, 0.3) is 5.91 Å². The van der Waals surface area contributed by atoms with Gasteiger partial charge in [0.15, 0.2) is 0 Å². The van der Waals surface area contributed by atoms with E-state index in [2.05, 4.69) is 13.5 Å². The molecule has 3 N–H and O–H groups in total. The van der Waals surface area contributed by atoms with Gasteiger partial charge in [0, 0.05) is 5.56 Å². The lowest BCUT2D eigenvalue weighted by Crippen LogP contribution is -2.31. The van der Waals surface area contributed by atoms with Crippen molar-refractivity contribution in [2.24, 2.45) is 5.73 Å². The molecule has 1 aromatic carbocycles. The lowest BCUT2D eigenvalue weighted by molar-refractivity contribution is 0.0981. The molecular formula is C15H24N2O3S. The number of hydrogen-bond acceptors (Lipinski definition) is 4. The zero-order valence-electron chi connectivity index (χ0n) is 12.4. The number of hydrogen-bond donors (Lipinski definition) is 2. The highest BCUT2D eigenvalue weighted by Crippen LogP contribution is 1.99. The average Bonchev–Trinajstić information content (AvgIpc) is 2.46. The van der Waals surface area contributed by atoms with Crippen LogP contribution in [-0.4, -0.2) is 26.6 Å². The van der Waals surface area contributed by atoms with Crippen LogP contribution in [-0.2, 0) is 10.0 Å². The predicted octanol–water partition coefficient (Wildman–Crippen LogP) is 2.07. The first kappa shape index (κ1) is 19.3. The Bertz CT molecular complexity index is 509. The third kappa shape index (κ3) is 9.81. The van der Waals surface area contributed by atoms with Crippen LogP contribution >= 0.6 is 0 Å². The van der Waals surface area contributed by atoms with Crippen molar-refractivity contribution in [1.82, 2.24) is 4.72 Å². The number of benzene rings is 1. The van der Waals surface area contributed by atoms with Crippen molar-refractivity contribution >= 4 is 15.9 Å². The number of sulfonamides is 1. The number of rotatable bonds is 7. The molecule has 0 aliphatic carbocycles. The molecule has 0 heterocycles. The Morgan fingerprint density at radius 2 is 1.90 bits per heavy atom. The van der Waals surface area contributed by atoms with Crippen LogP contribution in [0, 0.1) is 0 Å². The van der Waals surface area contributed by atoms with E-state index >= 15 is 0 Å². The fourth-order valence-corrected chi connectivity index (χ4v) is 2.17. The minimum Gasteiger partial charge on any atom is -0.330 e. The molecule has 0 aromatic heterocycles. The molecule has 0 fully saturated rings. The summed E-state index contributed by atoms with van der Waals surface area (Å²) in [7, 11) is -3.60. The second-order valence-corrected chi connectivity index (χ2v) is 6.13. The highest BCUT2D eigenvalue weighted by molar-refractivity contribution is 7.90. The van der Waals surface area contributed by atoms with Crippen LogP contribution in [0.4, 0.5) is 0 Å². The molecular weight excluding hydrogens is 288 g/mol. The zero-order chi connectivity index (χ0) is 16.1. The third-order valence-electron chi connectivity index (χ3n) is 2.43. The Labute approximate surface area is 127 Å². The summed E-state index contributed by atoms with van der Waals surface area (Å²) in [6.45, 7) is 6.33. The van der Waals surface area contributed by atoms with E-state index in [1.165, 1.54) is 25.3 Å². The van der Waals surface area contributed by atoms with Gasteiger partial charge in [-0.3, -0.25) is 4.79 Å². The molecule has 5 nitrogen and oxygen atoms in total. The lowest BCUT2D eigenvalue weighted by atomic mass is 10.2. The van der Waals surface area contributed by atoms with Gasteiger partial charge >= 0.3 is 0 Å². The summed E-state index contributed by atoms with van der Waals surface area (Å²) in [4.78, 5) is 11.4. The number of nitrogens with one attached hydrogen (secondary N) is 1. The predicted molar refractivity (Wildman–Crippen MR) is 86.5 cm³/mol. The molecule has 0 unspecified atom stereocenters. The van der Waals surface area contributed by atoms with Crippen LogP contribution in [0.2, 0.25) is 0 Å². The molecule has 118 valence electrons. The molecule has 0 spiro atoms. The van der Waals surface area contributed by atoms with Crippen molar-refractivity contribution in [3.8, 4) is 0 Å². The van der Waals surface area contributed by atoms with Crippen LogP contribution in [0.5, 0.6) is 0 Å². The van der Waals surface area contributed by atoms with E-state index in [-0.39, 0.29) is 5.75 Å². The quantitative estimate of drug-likeness (QED) is 0.596. The Morgan fingerprint density at radius 1 is 1.29 bits per heavy atom. The molecule has 0 radical (unpaired) electrons. The normalized spacial score (nSPS) is 10.2. The summed E-state index contributed by atoms with van der Waals surface area (Å²) in [5.74, 6) is -0.900. The van der Waals surface area contributed by atoms with Gasteiger partial charge in [-0.05, 0) is 25.1 Å². The fourth-order valence-electron chi connectivity index (χ4n) is 1.38. The van der Waals surface area contributed by atoms with Crippen LogP contribution < -0.4 is 10.5 Å². The third-order valence-corrected chi connectivity index (χ3v) is 3.60. The van der Waals surface area contributed by atoms with Gasteiger partial charge in [-0.2, -0.15) is 0 Å². The van der Waals surface area contributed by atoms with E-state index in [1.807, 2.05) is 4.72 Å². The molecule has 0 saturated carbocycles. The van der Waals surface area contributed by atoms with Crippen LogP contribution in [0.25, 0.3) is 0 Å². The van der Waals surface area contributed by atoms with Gasteiger partial charge in [0.1, 0.15) is 0 Å². The molecule has 0 bridgehead atoms. The lowest BCUT2D eigenvalue weighted by Gasteiger charge is -2.03. The van der Waals surface area contributed by atoms with E-state index in [4.69, 9.17) is 5.73 Å². The SMILES string of the molecule is C=CCS(=O)(=O)NC(=O)c1ccccc1.CCCCCN. The molecule has 0 aliphatic rings. The van der Waals surface area contributed by atoms with Crippen molar-refractivity contribution < 1.29 is 13.2 Å². The Balaban J connectivity index is 0.000000567. The molecule has 1 amide bonds. The fraction of sp³-hybridized carbons (Fsp3) is 0.400. The van der Waals surface area contributed by atoms with Crippen LogP contribution in [0.1, 0.15) is 36.5 Å². The summed E-state index contributed by atoms with van der Waals surface area (Å²) in [6, 6.07) is 8.15. The number of unbranched alkanes of at least 4 members (excludes halogenated alkanes) is 2. The first-order valence-electron chi connectivity index (χ1n) is 6.87. The summed E-state index contributed by atoms with van der Waals surface area (Å²) in [5, 5.41) is 0. The largest absolute Gasteiger partial charge is 0.330 e. The molecule has 1 rings (SSSR count). The van der Waals surface area contributed by atoms with Gasteiger partial charge in [-0.15, -0.1) is 6.58 Å². The van der Waals surface area contributed by atoms with Gasteiger partial charge < -0.3 is 5.73 Å². The second-order valence-electron chi connectivity index (χ2n) is 4.36. The van der Waals surface area contributed by atoms with Gasteiger partial charge in [-0.25, -0.2) is 13.1 Å². The summed E-state index contributed by atoms with van der Waals surface area (Å²) < 4.78 is 24.4.